The highest BCUT2D eigenvalue weighted by Crippen LogP contribution is 2.12. The van der Waals surface area contributed by atoms with Crippen LogP contribution in [0.1, 0.15) is 18.5 Å². The predicted molar refractivity (Wildman–Crippen MR) is 77.9 cm³/mol. The van der Waals surface area contributed by atoms with Gasteiger partial charge in [0.2, 0.25) is 5.91 Å². The minimum atomic E-state index is -0.261. The van der Waals surface area contributed by atoms with Crippen LogP contribution in [-0.2, 0) is 4.79 Å². The lowest BCUT2D eigenvalue weighted by Crippen LogP contribution is -2.30. The molecule has 0 aliphatic carbocycles. The first-order chi connectivity index (χ1) is 9.65. The van der Waals surface area contributed by atoms with Gasteiger partial charge in [0.1, 0.15) is 5.82 Å². The Labute approximate surface area is 117 Å². The van der Waals surface area contributed by atoms with Gasteiger partial charge in [0, 0.05) is 11.7 Å². The molecule has 0 spiro atoms. The van der Waals surface area contributed by atoms with E-state index in [-0.39, 0.29) is 24.3 Å². The van der Waals surface area contributed by atoms with Crippen molar-refractivity contribution >= 4 is 11.6 Å². The van der Waals surface area contributed by atoms with Gasteiger partial charge in [0.25, 0.3) is 0 Å². The number of carbonyl (C=O) groups is 1. The number of hydrogen-bond acceptors (Lipinski definition) is 2. The summed E-state index contributed by atoms with van der Waals surface area (Å²) < 4.78 is 12.8. The largest absolute Gasteiger partial charge is 0.325 e. The molecule has 0 heterocycles. The Morgan fingerprint density at radius 2 is 1.75 bits per heavy atom. The summed E-state index contributed by atoms with van der Waals surface area (Å²) in [7, 11) is 0. The number of benzene rings is 2. The number of hydrogen-bond donors (Lipinski definition) is 2. The van der Waals surface area contributed by atoms with Crippen LogP contribution in [0.3, 0.4) is 0 Å². The predicted octanol–water partition coefficient (Wildman–Crippen LogP) is 3.12. The molecule has 3 nitrogen and oxygen atoms in total. The molecule has 0 bridgehead atoms. The highest BCUT2D eigenvalue weighted by atomic mass is 19.1. The van der Waals surface area contributed by atoms with E-state index in [1.807, 2.05) is 37.3 Å². The number of nitrogens with one attached hydrogen (secondary N) is 2. The molecule has 1 atom stereocenters. The Morgan fingerprint density at radius 1 is 1.10 bits per heavy atom. The van der Waals surface area contributed by atoms with Crippen molar-refractivity contribution < 1.29 is 9.18 Å². The molecule has 104 valence electrons. The van der Waals surface area contributed by atoms with Gasteiger partial charge in [-0.3, -0.25) is 4.79 Å². The minimum absolute atomic E-state index is 0.0166. The van der Waals surface area contributed by atoms with Crippen molar-refractivity contribution in [3.8, 4) is 0 Å². The molecule has 0 radical (unpaired) electrons. The number of halogens is 1. The molecular weight excluding hydrogens is 255 g/mol. The molecule has 20 heavy (non-hydrogen) atoms. The maximum absolute atomic E-state index is 12.8. The quantitative estimate of drug-likeness (QED) is 0.878. The van der Waals surface area contributed by atoms with Gasteiger partial charge in [-0.1, -0.05) is 30.3 Å². The van der Waals surface area contributed by atoms with Crippen LogP contribution in [-0.4, -0.2) is 12.5 Å². The van der Waals surface area contributed by atoms with Gasteiger partial charge < -0.3 is 10.6 Å². The van der Waals surface area contributed by atoms with Crippen LogP contribution in [0.2, 0.25) is 0 Å². The van der Waals surface area contributed by atoms with Crippen LogP contribution < -0.4 is 10.6 Å². The van der Waals surface area contributed by atoms with Crippen LogP contribution in [0.4, 0.5) is 10.1 Å². The maximum atomic E-state index is 12.8. The van der Waals surface area contributed by atoms with E-state index >= 15 is 0 Å². The van der Waals surface area contributed by atoms with Crippen LogP contribution in [0.25, 0.3) is 0 Å². The second kappa shape index (κ2) is 6.82. The molecule has 0 aliphatic heterocycles. The zero-order valence-electron chi connectivity index (χ0n) is 11.3. The van der Waals surface area contributed by atoms with E-state index in [2.05, 4.69) is 10.6 Å². The first-order valence-corrected chi connectivity index (χ1v) is 6.49. The van der Waals surface area contributed by atoms with E-state index in [4.69, 9.17) is 0 Å². The van der Waals surface area contributed by atoms with Crippen LogP contribution in [0.15, 0.2) is 54.6 Å². The zero-order chi connectivity index (χ0) is 14.4. The normalized spacial score (nSPS) is 11.9. The number of rotatable bonds is 5. The molecule has 2 aromatic rings. The Morgan fingerprint density at radius 3 is 2.40 bits per heavy atom. The van der Waals surface area contributed by atoms with Crippen molar-refractivity contribution in [2.24, 2.45) is 0 Å². The van der Waals surface area contributed by atoms with Crippen molar-refractivity contribution in [3.63, 3.8) is 0 Å². The Hall–Kier alpha value is -2.20. The summed E-state index contributed by atoms with van der Waals surface area (Å²) in [4.78, 5) is 11.8. The third-order valence-electron chi connectivity index (χ3n) is 3.00. The van der Waals surface area contributed by atoms with E-state index in [1.54, 1.807) is 12.1 Å². The molecule has 2 aromatic carbocycles. The second-order valence-electron chi connectivity index (χ2n) is 4.57. The van der Waals surface area contributed by atoms with E-state index in [1.165, 1.54) is 12.1 Å². The molecule has 2 rings (SSSR count). The van der Waals surface area contributed by atoms with E-state index in [0.29, 0.717) is 0 Å². The average molecular weight is 272 g/mol. The first-order valence-electron chi connectivity index (χ1n) is 6.49. The lowest BCUT2D eigenvalue weighted by Gasteiger charge is -2.14. The van der Waals surface area contributed by atoms with Gasteiger partial charge in [-0.15, -0.1) is 0 Å². The maximum Gasteiger partial charge on any atom is 0.238 e. The van der Waals surface area contributed by atoms with Gasteiger partial charge >= 0.3 is 0 Å². The van der Waals surface area contributed by atoms with Gasteiger partial charge in [-0.2, -0.15) is 0 Å². The van der Waals surface area contributed by atoms with Gasteiger partial charge in [-0.25, -0.2) is 4.39 Å². The minimum Gasteiger partial charge on any atom is -0.325 e. The summed E-state index contributed by atoms with van der Waals surface area (Å²) in [5.41, 5.74) is 1.72. The highest BCUT2D eigenvalue weighted by Gasteiger charge is 2.07. The fraction of sp³-hybridized carbons (Fsp3) is 0.188. The number of amides is 1. The fourth-order valence-electron chi connectivity index (χ4n) is 1.84. The molecule has 4 heteroatoms. The Kier molecular flexibility index (Phi) is 4.85. The van der Waals surface area contributed by atoms with Gasteiger partial charge in [0.15, 0.2) is 0 Å². The Bertz CT molecular complexity index is 554. The van der Waals surface area contributed by atoms with Crippen molar-refractivity contribution in [3.05, 3.63) is 66.0 Å². The number of carbonyl (C=O) groups excluding carboxylic acids is 1. The zero-order valence-corrected chi connectivity index (χ0v) is 11.3. The lowest BCUT2D eigenvalue weighted by molar-refractivity contribution is -0.115. The molecule has 2 N–H and O–H groups in total. The van der Waals surface area contributed by atoms with Crippen molar-refractivity contribution in [2.75, 3.05) is 11.9 Å². The molecule has 0 unspecified atom stereocenters. The van der Waals surface area contributed by atoms with E-state index < -0.39 is 0 Å². The van der Waals surface area contributed by atoms with Crippen LogP contribution >= 0.6 is 0 Å². The first kappa shape index (κ1) is 14.2. The Balaban J connectivity index is 1.82. The monoisotopic (exact) mass is 272 g/mol. The van der Waals surface area contributed by atoms with Gasteiger partial charge in [0.05, 0.1) is 6.54 Å². The summed E-state index contributed by atoms with van der Waals surface area (Å²) in [5.74, 6) is -0.368. The van der Waals surface area contributed by atoms with Crippen molar-refractivity contribution in [1.29, 1.82) is 0 Å². The summed E-state index contributed by atoms with van der Waals surface area (Å²) in [6.07, 6.45) is 0. The molecule has 0 aliphatic rings. The van der Waals surface area contributed by atoms with Gasteiger partial charge in [-0.05, 0) is 36.8 Å². The average Bonchev–Trinajstić information content (AvgIpc) is 2.46. The SMILES string of the molecule is C[C@@H](NCC(=O)Nc1ccccc1)c1ccc(F)cc1. The third kappa shape index (κ3) is 4.17. The fourth-order valence-corrected chi connectivity index (χ4v) is 1.84. The summed E-state index contributed by atoms with van der Waals surface area (Å²) in [5, 5.41) is 5.90. The topological polar surface area (TPSA) is 41.1 Å². The molecule has 1 amide bonds. The van der Waals surface area contributed by atoms with Crippen molar-refractivity contribution in [1.82, 2.24) is 5.32 Å². The molecule has 0 fully saturated rings. The van der Waals surface area contributed by atoms with E-state index in [9.17, 15) is 9.18 Å². The van der Waals surface area contributed by atoms with E-state index in [0.717, 1.165) is 11.3 Å². The van der Waals surface area contributed by atoms with Crippen LogP contribution in [0.5, 0.6) is 0 Å². The summed E-state index contributed by atoms with van der Waals surface area (Å²) >= 11 is 0. The van der Waals surface area contributed by atoms with Crippen molar-refractivity contribution in [2.45, 2.75) is 13.0 Å². The lowest BCUT2D eigenvalue weighted by atomic mass is 10.1. The molecule has 0 saturated carbocycles. The number of para-hydroxylation sites is 1. The highest BCUT2D eigenvalue weighted by molar-refractivity contribution is 5.92. The summed E-state index contributed by atoms with van der Waals surface area (Å²) in [6, 6.07) is 15.5. The van der Waals surface area contributed by atoms with Crippen LogP contribution in [0, 0.1) is 5.82 Å². The summed E-state index contributed by atoms with van der Waals surface area (Å²) in [6.45, 7) is 2.14. The standard InChI is InChI=1S/C16H17FN2O/c1-12(13-7-9-14(17)10-8-13)18-11-16(20)19-15-5-3-2-4-6-15/h2-10,12,18H,11H2,1H3,(H,19,20)/t12-/m1/s1. The third-order valence-corrected chi connectivity index (χ3v) is 3.00. The molecular formula is C16H17FN2O. The molecule has 0 aromatic heterocycles. The number of anilines is 1. The second-order valence-corrected chi connectivity index (χ2v) is 4.57. The molecule has 0 saturated heterocycles. The smallest absolute Gasteiger partial charge is 0.238 e.